The van der Waals surface area contributed by atoms with Crippen molar-refractivity contribution in [3.63, 3.8) is 0 Å². The predicted octanol–water partition coefficient (Wildman–Crippen LogP) is 1.28. The maximum Gasteiger partial charge on any atom is 0.139 e. The number of fused-ring (bicyclic) bond motifs is 1. The molecule has 0 bridgehead atoms. The van der Waals surface area contributed by atoms with E-state index in [2.05, 4.69) is 4.90 Å². The van der Waals surface area contributed by atoms with Crippen LogP contribution in [-0.2, 0) is 4.79 Å². The van der Waals surface area contributed by atoms with Gasteiger partial charge in [-0.15, -0.1) is 0 Å². The van der Waals surface area contributed by atoms with Gasteiger partial charge in [-0.25, -0.2) is 4.39 Å². The van der Waals surface area contributed by atoms with Crippen LogP contribution in [0.25, 0.3) is 0 Å². The summed E-state index contributed by atoms with van der Waals surface area (Å²) in [6.07, 6.45) is 0.847. The average Bonchev–Trinajstić information content (AvgIpc) is 2.22. The molecule has 0 N–H and O–H groups in total. The quantitative estimate of drug-likeness (QED) is 0.684. The highest BCUT2D eigenvalue weighted by molar-refractivity contribution is 5.76. The molecule has 3 nitrogen and oxygen atoms in total. The molecule has 0 saturated heterocycles. The van der Waals surface area contributed by atoms with Gasteiger partial charge in [0.05, 0.1) is 17.9 Å². The summed E-state index contributed by atoms with van der Waals surface area (Å²) in [5.74, 6) is -0.264. The van der Waals surface area contributed by atoms with Gasteiger partial charge in [-0.05, 0) is 18.2 Å². The molecule has 0 amide bonds. The molecule has 0 radical (unpaired) electrons. The van der Waals surface area contributed by atoms with Crippen LogP contribution < -0.4 is 9.80 Å². The van der Waals surface area contributed by atoms with Crippen LogP contribution in [0.5, 0.6) is 0 Å². The third-order valence-electron chi connectivity index (χ3n) is 2.69. The molecule has 0 spiro atoms. The molecule has 1 aliphatic heterocycles. The molecule has 0 aromatic heterocycles. The fraction of sp³-hybridized carbons (Fsp3) is 0.364. The van der Waals surface area contributed by atoms with Crippen molar-refractivity contribution in [3.8, 4) is 0 Å². The number of aldehydes is 1. The summed E-state index contributed by atoms with van der Waals surface area (Å²) in [5, 5.41) is 0. The van der Waals surface area contributed by atoms with Crippen molar-refractivity contribution in [2.45, 2.75) is 0 Å². The van der Waals surface area contributed by atoms with Gasteiger partial charge >= 0.3 is 0 Å². The summed E-state index contributed by atoms with van der Waals surface area (Å²) in [6, 6.07) is 4.68. The standard InChI is InChI=1S/C11H13FN2O/c1-13-4-5-14(6-7-15)11-8-9(12)2-3-10(11)13/h2-3,7-8H,4-6H2,1H3. The highest BCUT2D eigenvalue weighted by Gasteiger charge is 2.20. The fourth-order valence-corrected chi connectivity index (χ4v) is 1.86. The van der Waals surface area contributed by atoms with Crippen molar-refractivity contribution in [3.05, 3.63) is 24.0 Å². The lowest BCUT2D eigenvalue weighted by molar-refractivity contribution is -0.106. The Hall–Kier alpha value is -1.58. The van der Waals surface area contributed by atoms with Gasteiger partial charge < -0.3 is 14.6 Å². The van der Waals surface area contributed by atoms with E-state index in [1.54, 1.807) is 6.07 Å². The topological polar surface area (TPSA) is 23.6 Å². The number of benzene rings is 1. The van der Waals surface area contributed by atoms with Crippen LogP contribution in [-0.4, -0.2) is 33.0 Å². The zero-order valence-corrected chi connectivity index (χ0v) is 8.61. The SMILES string of the molecule is CN1CCN(CC=O)c2cc(F)ccc21. The summed E-state index contributed by atoms with van der Waals surface area (Å²) in [4.78, 5) is 14.5. The summed E-state index contributed by atoms with van der Waals surface area (Å²) in [5.41, 5.74) is 1.78. The molecule has 1 aromatic carbocycles. The van der Waals surface area contributed by atoms with Crippen molar-refractivity contribution in [1.29, 1.82) is 0 Å². The van der Waals surface area contributed by atoms with E-state index in [1.165, 1.54) is 12.1 Å². The third kappa shape index (κ3) is 1.79. The minimum absolute atomic E-state index is 0.264. The largest absolute Gasteiger partial charge is 0.371 e. The van der Waals surface area contributed by atoms with E-state index in [-0.39, 0.29) is 5.82 Å². The van der Waals surface area contributed by atoms with Crippen molar-refractivity contribution < 1.29 is 9.18 Å². The number of halogens is 1. The molecule has 1 aromatic rings. The van der Waals surface area contributed by atoms with Crippen molar-refractivity contribution in [2.24, 2.45) is 0 Å². The molecule has 0 aliphatic carbocycles. The van der Waals surface area contributed by atoms with Crippen LogP contribution in [0.3, 0.4) is 0 Å². The van der Waals surface area contributed by atoms with E-state index < -0.39 is 0 Å². The molecule has 15 heavy (non-hydrogen) atoms. The van der Waals surface area contributed by atoms with Crippen LogP contribution in [0.4, 0.5) is 15.8 Å². The molecular formula is C11H13FN2O. The predicted molar refractivity (Wildman–Crippen MR) is 57.9 cm³/mol. The van der Waals surface area contributed by atoms with E-state index in [1.807, 2.05) is 11.9 Å². The third-order valence-corrected chi connectivity index (χ3v) is 2.69. The minimum atomic E-state index is -0.264. The molecule has 1 heterocycles. The average molecular weight is 208 g/mol. The van der Waals surface area contributed by atoms with Gasteiger partial charge in [0.15, 0.2) is 0 Å². The number of hydrogen-bond acceptors (Lipinski definition) is 3. The van der Waals surface area contributed by atoms with Crippen molar-refractivity contribution in [2.75, 3.05) is 36.5 Å². The number of nitrogens with zero attached hydrogens (tertiary/aromatic N) is 2. The first kappa shape index (κ1) is 9.96. The Morgan fingerprint density at radius 3 is 2.93 bits per heavy atom. The first-order chi connectivity index (χ1) is 7.22. The first-order valence-corrected chi connectivity index (χ1v) is 4.91. The Kier molecular flexibility index (Phi) is 2.58. The van der Waals surface area contributed by atoms with E-state index >= 15 is 0 Å². The van der Waals surface area contributed by atoms with E-state index in [9.17, 15) is 9.18 Å². The summed E-state index contributed by atoms with van der Waals surface area (Å²) < 4.78 is 13.1. The molecule has 1 aliphatic rings. The van der Waals surface area contributed by atoms with Crippen LogP contribution >= 0.6 is 0 Å². The molecule has 0 atom stereocenters. The van der Waals surface area contributed by atoms with Crippen LogP contribution in [0, 0.1) is 5.82 Å². The van der Waals surface area contributed by atoms with Crippen molar-refractivity contribution >= 4 is 17.7 Å². The number of carbonyl (C=O) groups excluding carboxylic acids is 1. The number of carbonyl (C=O) groups is 1. The molecular weight excluding hydrogens is 195 g/mol. The second-order valence-electron chi connectivity index (χ2n) is 3.67. The Bertz CT molecular complexity index is 381. The monoisotopic (exact) mass is 208 g/mol. The zero-order chi connectivity index (χ0) is 10.8. The van der Waals surface area contributed by atoms with Gasteiger partial charge in [0.25, 0.3) is 0 Å². The minimum Gasteiger partial charge on any atom is -0.371 e. The van der Waals surface area contributed by atoms with E-state index in [0.29, 0.717) is 6.54 Å². The zero-order valence-electron chi connectivity index (χ0n) is 8.61. The van der Waals surface area contributed by atoms with Gasteiger partial charge in [-0.1, -0.05) is 0 Å². The summed E-state index contributed by atoms with van der Waals surface area (Å²) in [6.45, 7) is 1.93. The van der Waals surface area contributed by atoms with Gasteiger partial charge in [-0.2, -0.15) is 0 Å². The maximum atomic E-state index is 13.1. The van der Waals surface area contributed by atoms with Crippen molar-refractivity contribution in [1.82, 2.24) is 0 Å². The van der Waals surface area contributed by atoms with Gasteiger partial charge in [0.2, 0.25) is 0 Å². The van der Waals surface area contributed by atoms with E-state index in [4.69, 9.17) is 0 Å². The highest BCUT2D eigenvalue weighted by atomic mass is 19.1. The normalized spacial score (nSPS) is 15.1. The van der Waals surface area contributed by atoms with Crippen LogP contribution in [0.15, 0.2) is 18.2 Å². The second-order valence-corrected chi connectivity index (χ2v) is 3.67. The first-order valence-electron chi connectivity index (χ1n) is 4.91. The molecule has 4 heteroatoms. The molecule has 0 saturated carbocycles. The Morgan fingerprint density at radius 1 is 1.40 bits per heavy atom. The maximum absolute atomic E-state index is 13.1. The van der Waals surface area contributed by atoms with E-state index in [0.717, 1.165) is 30.8 Å². The Labute approximate surface area is 88.1 Å². The highest BCUT2D eigenvalue weighted by Crippen LogP contribution is 2.32. The van der Waals surface area contributed by atoms with Crippen LogP contribution in [0.2, 0.25) is 0 Å². The second kappa shape index (κ2) is 3.88. The lowest BCUT2D eigenvalue weighted by atomic mass is 10.1. The van der Waals surface area contributed by atoms with Crippen LogP contribution in [0.1, 0.15) is 0 Å². The number of anilines is 2. The summed E-state index contributed by atoms with van der Waals surface area (Å²) in [7, 11) is 1.97. The lowest BCUT2D eigenvalue weighted by Crippen LogP contribution is -2.40. The smallest absolute Gasteiger partial charge is 0.139 e. The lowest BCUT2D eigenvalue weighted by Gasteiger charge is -2.35. The molecule has 0 unspecified atom stereocenters. The number of hydrogen-bond donors (Lipinski definition) is 0. The van der Waals surface area contributed by atoms with Gasteiger partial charge in [0, 0.05) is 20.1 Å². The van der Waals surface area contributed by atoms with Gasteiger partial charge in [0.1, 0.15) is 12.1 Å². The molecule has 80 valence electrons. The Balaban J connectivity index is 2.41. The fourth-order valence-electron chi connectivity index (χ4n) is 1.86. The Morgan fingerprint density at radius 2 is 2.20 bits per heavy atom. The number of likely N-dealkylation sites (N-methyl/N-ethyl adjacent to an activating group) is 1. The summed E-state index contributed by atoms with van der Waals surface area (Å²) >= 11 is 0. The molecule has 2 rings (SSSR count). The molecule has 0 fully saturated rings. The number of rotatable bonds is 2. The van der Waals surface area contributed by atoms with Gasteiger partial charge in [-0.3, -0.25) is 0 Å².